The van der Waals surface area contributed by atoms with Gasteiger partial charge in [0.15, 0.2) is 0 Å². The van der Waals surface area contributed by atoms with E-state index >= 15 is 0 Å². The molecular formula is C14H18ClF4N. The molecule has 0 aliphatic rings. The van der Waals surface area contributed by atoms with E-state index < -0.39 is 17.6 Å². The number of hydrogen-bond acceptors (Lipinski definition) is 1. The highest BCUT2D eigenvalue weighted by molar-refractivity contribution is 6.21. The first-order valence-corrected chi connectivity index (χ1v) is 6.97. The van der Waals surface area contributed by atoms with Gasteiger partial charge >= 0.3 is 6.18 Å². The van der Waals surface area contributed by atoms with E-state index in [0.717, 1.165) is 25.0 Å². The quantitative estimate of drug-likeness (QED) is 0.555. The minimum atomic E-state index is -4.54. The maximum Gasteiger partial charge on any atom is 0.416 e. The molecule has 1 aromatic rings. The van der Waals surface area contributed by atoms with Crippen molar-refractivity contribution >= 4 is 17.3 Å². The van der Waals surface area contributed by atoms with Crippen LogP contribution in [0.3, 0.4) is 0 Å². The molecule has 1 aromatic carbocycles. The van der Waals surface area contributed by atoms with Crippen LogP contribution in [0.2, 0.25) is 0 Å². The van der Waals surface area contributed by atoms with E-state index in [0.29, 0.717) is 18.5 Å². The summed E-state index contributed by atoms with van der Waals surface area (Å²) in [4.78, 5) is 0. The SMILES string of the molecule is CCC(CC)C(Cl)CNc1ccc(C(F)(F)F)cc1F. The Labute approximate surface area is 121 Å². The predicted molar refractivity (Wildman–Crippen MR) is 73.6 cm³/mol. The second-order valence-electron chi connectivity index (χ2n) is 4.67. The molecule has 0 amide bonds. The van der Waals surface area contributed by atoms with Gasteiger partial charge in [0.2, 0.25) is 0 Å². The topological polar surface area (TPSA) is 12.0 Å². The zero-order valence-electron chi connectivity index (χ0n) is 11.4. The second kappa shape index (κ2) is 7.16. The number of rotatable bonds is 6. The van der Waals surface area contributed by atoms with Gasteiger partial charge in [0.05, 0.1) is 16.6 Å². The van der Waals surface area contributed by atoms with Crippen molar-refractivity contribution in [2.45, 2.75) is 38.2 Å². The zero-order valence-corrected chi connectivity index (χ0v) is 12.2. The molecule has 1 unspecified atom stereocenters. The maximum absolute atomic E-state index is 13.6. The minimum absolute atomic E-state index is 0.0367. The van der Waals surface area contributed by atoms with Crippen LogP contribution in [-0.4, -0.2) is 11.9 Å². The number of alkyl halides is 4. The molecule has 0 aromatic heterocycles. The highest BCUT2D eigenvalue weighted by atomic mass is 35.5. The molecule has 1 N–H and O–H groups in total. The molecule has 0 saturated carbocycles. The molecule has 0 spiro atoms. The van der Waals surface area contributed by atoms with Gasteiger partial charge in [0, 0.05) is 6.54 Å². The van der Waals surface area contributed by atoms with Gasteiger partial charge in [-0.05, 0) is 24.1 Å². The van der Waals surface area contributed by atoms with Crippen molar-refractivity contribution in [3.63, 3.8) is 0 Å². The van der Waals surface area contributed by atoms with Crippen LogP contribution in [0.4, 0.5) is 23.2 Å². The largest absolute Gasteiger partial charge is 0.416 e. The Morgan fingerprint density at radius 3 is 2.25 bits per heavy atom. The van der Waals surface area contributed by atoms with Crippen molar-refractivity contribution in [2.24, 2.45) is 5.92 Å². The number of halogens is 5. The van der Waals surface area contributed by atoms with Crippen LogP contribution in [0.25, 0.3) is 0 Å². The van der Waals surface area contributed by atoms with Crippen LogP contribution < -0.4 is 5.32 Å². The molecule has 1 rings (SSSR count). The van der Waals surface area contributed by atoms with Gasteiger partial charge in [-0.15, -0.1) is 11.6 Å². The van der Waals surface area contributed by atoms with Gasteiger partial charge in [0.1, 0.15) is 5.82 Å². The summed E-state index contributed by atoms with van der Waals surface area (Å²) in [5.41, 5.74) is -0.961. The molecule has 0 saturated heterocycles. The molecule has 0 bridgehead atoms. The van der Waals surface area contributed by atoms with Crippen LogP contribution in [0.15, 0.2) is 18.2 Å². The lowest BCUT2D eigenvalue weighted by Crippen LogP contribution is -2.23. The number of nitrogens with one attached hydrogen (secondary N) is 1. The third-order valence-corrected chi connectivity index (χ3v) is 3.85. The van der Waals surface area contributed by atoms with E-state index in [1.165, 1.54) is 0 Å². The van der Waals surface area contributed by atoms with Crippen LogP contribution in [-0.2, 0) is 6.18 Å². The molecule has 0 fully saturated rings. The van der Waals surface area contributed by atoms with Crippen molar-refractivity contribution in [2.75, 3.05) is 11.9 Å². The van der Waals surface area contributed by atoms with Crippen molar-refractivity contribution in [1.29, 1.82) is 0 Å². The Kier molecular flexibility index (Phi) is 6.11. The summed E-state index contributed by atoms with van der Waals surface area (Å²) in [6.45, 7) is 4.35. The third-order valence-electron chi connectivity index (χ3n) is 3.34. The Hall–Kier alpha value is -0.970. The van der Waals surface area contributed by atoms with Gasteiger partial charge in [-0.3, -0.25) is 0 Å². The average molecular weight is 312 g/mol. The fourth-order valence-electron chi connectivity index (χ4n) is 2.01. The summed E-state index contributed by atoms with van der Waals surface area (Å²) in [5, 5.41) is 2.58. The van der Waals surface area contributed by atoms with Crippen LogP contribution in [0.5, 0.6) is 0 Å². The standard InChI is InChI=1S/C14H18ClF4N/c1-3-9(4-2)11(15)8-20-13-6-5-10(7-12(13)16)14(17,18)19/h5-7,9,11,20H,3-4,8H2,1-2H3. The first-order valence-electron chi connectivity index (χ1n) is 6.54. The number of anilines is 1. The monoisotopic (exact) mass is 311 g/mol. The lowest BCUT2D eigenvalue weighted by Gasteiger charge is -2.20. The van der Waals surface area contributed by atoms with Crippen molar-refractivity contribution in [3.05, 3.63) is 29.6 Å². The van der Waals surface area contributed by atoms with Crippen molar-refractivity contribution in [3.8, 4) is 0 Å². The lowest BCUT2D eigenvalue weighted by molar-refractivity contribution is -0.137. The molecule has 114 valence electrons. The Morgan fingerprint density at radius 1 is 1.20 bits per heavy atom. The summed E-state index contributed by atoms with van der Waals surface area (Å²) in [6.07, 6.45) is -2.73. The molecule has 0 radical (unpaired) electrons. The highest BCUT2D eigenvalue weighted by Gasteiger charge is 2.31. The van der Waals surface area contributed by atoms with Crippen LogP contribution in [0.1, 0.15) is 32.3 Å². The van der Waals surface area contributed by atoms with Gasteiger partial charge in [-0.2, -0.15) is 13.2 Å². The van der Waals surface area contributed by atoms with Gasteiger partial charge in [0.25, 0.3) is 0 Å². The average Bonchev–Trinajstić information content (AvgIpc) is 2.37. The highest BCUT2D eigenvalue weighted by Crippen LogP contribution is 2.31. The summed E-state index contributed by atoms with van der Waals surface area (Å²) >= 11 is 6.19. The van der Waals surface area contributed by atoms with Gasteiger partial charge in [-0.25, -0.2) is 4.39 Å². The lowest BCUT2D eigenvalue weighted by atomic mass is 9.99. The van der Waals surface area contributed by atoms with Crippen LogP contribution >= 0.6 is 11.6 Å². The number of benzene rings is 1. The minimum Gasteiger partial charge on any atom is -0.381 e. The van der Waals surface area contributed by atoms with Crippen LogP contribution in [0, 0.1) is 11.7 Å². The first kappa shape index (κ1) is 17.1. The molecule has 0 aliphatic carbocycles. The Balaban J connectivity index is 2.70. The van der Waals surface area contributed by atoms with E-state index in [-0.39, 0.29) is 11.1 Å². The fourth-order valence-corrected chi connectivity index (χ4v) is 2.44. The summed E-state index contributed by atoms with van der Waals surface area (Å²) < 4.78 is 50.8. The Bertz CT molecular complexity index is 430. The smallest absolute Gasteiger partial charge is 0.381 e. The van der Waals surface area contributed by atoms with Crippen molar-refractivity contribution < 1.29 is 17.6 Å². The summed E-state index contributed by atoms with van der Waals surface area (Å²) in [7, 11) is 0. The molecule has 20 heavy (non-hydrogen) atoms. The predicted octanol–water partition coefficient (Wildman–Crippen LogP) is 5.30. The maximum atomic E-state index is 13.6. The first-order chi connectivity index (χ1) is 9.29. The molecule has 1 nitrogen and oxygen atoms in total. The Morgan fingerprint density at radius 2 is 1.80 bits per heavy atom. The van der Waals surface area contributed by atoms with E-state index in [2.05, 4.69) is 5.32 Å². The molecule has 0 aliphatic heterocycles. The number of hydrogen-bond donors (Lipinski definition) is 1. The van der Waals surface area contributed by atoms with E-state index in [9.17, 15) is 17.6 Å². The molecular weight excluding hydrogens is 294 g/mol. The molecule has 0 heterocycles. The second-order valence-corrected chi connectivity index (χ2v) is 5.23. The van der Waals surface area contributed by atoms with Crippen molar-refractivity contribution in [1.82, 2.24) is 0 Å². The third kappa shape index (κ3) is 4.54. The van der Waals surface area contributed by atoms with E-state index in [1.54, 1.807) is 0 Å². The van der Waals surface area contributed by atoms with Gasteiger partial charge in [-0.1, -0.05) is 26.7 Å². The normalized spacial score (nSPS) is 13.6. The molecule has 1 atom stereocenters. The zero-order chi connectivity index (χ0) is 15.3. The van der Waals surface area contributed by atoms with E-state index in [1.807, 2.05) is 13.8 Å². The summed E-state index contributed by atoms with van der Waals surface area (Å²) in [5.74, 6) is -0.630. The fraction of sp³-hybridized carbons (Fsp3) is 0.571. The molecule has 6 heteroatoms. The van der Waals surface area contributed by atoms with Gasteiger partial charge < -0.3 is 5.32 Å². The summed E-state index contributed by atoms with van der Waals surface area (Å²) in [6, 6.07) is 2.43. The van der Waals surface area contributed by atoms with E-state index in [4.69, 9.17) is 11.6 Å².